The van der Waals surface area contributed by atoms with Gasteiger partial charge in [-0.3, -0.25) is 9.59 Å². The summed E-state index contributed by atoms with van der Waals surface area (Å²) < 4.78 is 5.63. The predicted molar refractivity (Wildman–Crippen MR) is 115 cm³/mol. The van der Waals surface area contributed by atoms with Crippen LogP contribution < -0.4 is 10.1 Å². The molecule has 2 aromatic carbocycles. The number of aryl methyl sites for hydroxylation is 2. The monoisotopic (exact) mass is 434 g/mol. The highest BCUT2D eigenvalue weighted by Gasteiger charge is 2.25. The van der Waals surface area contributed by atoms with Crippen LogP contribution in [0.15, 0.2) is 36.4 Å². The Labute approximate surface area is 180 Å². The predicted octanol–water partition coefficient (Wildman–Crippen LogP) is 4.41. The lowest BCUT2D eigenvalue weighted by molar-refractivity contribution is -0.124. The number of hydrogen-bond acceptors (Lipinski definition) is 3. The average Bonchev–Trinajstić information content (AvgIpc) is 2.67. The molecule has 0 unspecified atom stereocenters. The zero-order valence-corrected chi connectivity index (χ0v) is 18.0. The fourth-order valence-corrected chi connectivity index (χ4v) is 3.92. The second-order valence-electron chi connectivity index (χ2n) is 7.32. The van der Waals surface area contributed by atoms with Gasteiger partial charge in [0.15, 0.2) is 6.61 Å². The van der Waals surface area contributed by atoms with E-state index in [0.717, 1.165) is 11.1 Å². The van der Waals surface area contributed by atoms with Gasteiger partial charge < -0.3 is 15.0 Å². The molecule has 1 fully saturated rings. The molecule has 154 valence electrons. The van der Waals surface area contributed by atoms with Gasteiger partial charge in [0.1, 0.15) is 5.75 Å². The van der Waals surface area contributed by atoms with Crippen molar-refractivity contribution >= 4 is 35.0 Å². The highest BCUT2D eigenvalue weighted by Crippen LogP contribution is 2.24. The van der Waals surface area contributed by atoms with E-state index in [1.54, 1.807) is 23.1 Å². The molecule has 3 rings (SSSR count). The largest absolute Gasteiger partial charge is 0.484 e. The zero-order valence-electron chi connectivity index (χ0n) is 16.5. The Bertz CT molecular complexity index is 909. The number of halogens is 2. The van der Waals surface area contributed by atoms with Crippen molar-refractivity contribution in [2.75, 3.05) is 19.7 Å². The fraction of sp³-hybridized carbons (Fsp3) is 0.364. The van der Waals surface area contributed by atoms with Crippen LogP contribution in [0.5, 0.6) is 5.75 Å². The lowest BCUT2D eigenvalue weighted by atomic mass is 10.0. The molecule has 0 atom stereocenters. The Kier molecular flexibility index (Phi) is 7.04. The van der Waals surface area contributed by atoms with Crippen molar-refractivity contribution in [3.63, 3.8) is 0 Å². The van der Waals surface area contributed by atoms with E-state index in [9.17, 15) is 9.59 Å². The lowest BCUT2D eigenvalue weighted by Crippen LogP contribution is -2.47. The standard InChI is InChI=1S/C22H24Cl2N2O3/c1-14-3-6-20(15(2)11-14)29-13-21(27)25-17-7-9-26(10-8-17)22(28)18-5-4-16(23)12-19(18)24/h3-6,11-12,17H,7-10,13H2,1-2H3,(H,25,27). The summed E-state index contributed by atoms with van der Waals surface area (Å²) in [5, 5.41) is 3.84. The van der Waals surface area contributed by atoms with Gasteiger partial charge in [-0.2, -0.15) is 0 Å². The molecule has 2 aromatic rings. The van der Waals surface area contributed by atoms with E-state index < -0.39 is 0 Å². The van der Waals surface area contributed by atoms with Gasteiger partial charge in [-0.15, -0.1) is 0 Å². The number of carbonyl (C=O) groups is 2. The van der Waals surface area contributed by atoms with Crippen molar-refractivity contribution < 1.29 is 14.3 Å². The van der Waals surface area contributed by atoms with E-state index in [1.807, 2.05) is 32.0 Å². The molecule has 1 N–H and O–H groups in total. The quantitative estimate of drug-likeness (QED) is 0.757. The first kappa shape index (κ1) is 21.5. The second-order valence-corrected chi connectivity index (χ2v) is 8.16. The minimum absolute atomic E-state index is 0.0231. The third kappa shape index (κ3) is 5.64. The summed E-state index contributed by atoms with van der Waals surface area (Å²) in [6.07, 6.45) is 1.37. The van der Waals surface area contributed by atoms with Crippen molar-refractivity contribution in [2.45, 2.75) is 32.7 Å². The van der Waals surface area contributed by atoms with Crippen LogP contribution in [0.25, 0.3) is 0 Å². The zero-order chi connectivity index (χ0) is 21.0. The van der Waals surface area contributed by atoms with Gasteiger partial charge in [-0.05, 0) is 56.5 Å². The molecule has 2 amide bonds. The molecule has 0 radical (unpaired) electrons. The van der Waals surface area contributed by atoms with Crippen molar-refractivity contribution in [1.29, 1.82) is 0 Å². The maximum absolute atomic E-state index is 12.7. The summed E-state index contributed by atoms with van der Waals surface area (Å²) in [7, 11) is 0. The van der Waals surface area contributed by atoms with Crippen molar-refractivity contribution in [3.05, 3.63) is 63.1 Å². The van der Waals surface area contributed by atoms with Crippen LogP contribution in [-0.2, 0) is 4.79 Å². The first-order valence-corrected chi connectivity index (χ1v) is 10.3. The molecular weight excluding hydrogens is 411 g/mol. The van der Waals surface area contributed by atoms with E-state index in [-0.39, 0.29) is 24.5 Å². The van der Waals surface area contributed by atoms with Gasteiger partial charge in [-0.1, -0.05) is 40.9 Å². The van der Waals surface area contributed by atoms with Crippen LogP contribution in [0, 0.1) is 13.8 Å². The highest BCUT2D eigenvalue weighted by atomic mass is 35.5. The van der Waals surface area contributed by atoms with Crippen molar-refractivity contribution in [2.24, 2.45) is 0 Å². The molecule has 0 saturated carbocycles. The molecule has 0 spiro atoms. The second kappa shape index (κ2) is 9.51. The normalized spacial score (nSPS) is 14.6. The number of carbonyl (C=O) groups excluding carboxylic acids is 2. The number of piperidine rings is 1. The number of rotatable bonds is 5. The highest BCUT2D eigenvalue weighted by molar-refractivity contribution is 6.36. The summed E-state index contributed by atoms with van der Waals surface area (Å²) in [5.41, 5.74) is 2.60. The molecule has 1 aliphatic rings. The fourth-order valence-electron chi connectivity index (χ4n) is 3.43. The number of nitrogens with one attached hydrogen (secondary N) is 1. The minimum Gasteiger partial charge on any atom is -0.484 e. The first-order chi connectivity index (χ1) is 13.8. The van der Waals surface area contributed by atoms with Crippen molar-refractivity contribution in [1.82, 2.24) is 10.2 Å². The summed E-state index contributed by atoms with van der Waals surface area (Å²) in [6, 6.07) is 10.7. The van der Waals surface area contributed by atoms with Gasteiger partial charge in [0.25, 0.3) is 11.8 Å². The molecule has 5 nitrogen and oxygen atoms in total. The van der Waals surface area contributed by atoms with E-state index in [0.29, 0.717) is 47.3 Å². The van der Waals surface area contributed by atoms with E-state index in [4.69, 9.17) is 27.9 Å². The van der Waals surface area contributed by atoms with Crippen LogP contribution in [0.3, 0.4) is 0 Å². The number of likely N-dealkylation sites (tertiary alicyclic amines) is 1. The molecule has 1 heterocycles. The molecule has 0 aromatic heterocycles. The summed E-state index contributed by atoms with van der Waals surface area (Å²) in [4.78, 5) is 26.7. The molecule has 1 aliphatic heterocycles. The van der Waals surface area contributed by atoms with Gasteiger partial charge >= 0.3 is 0 Å². The summed E-state index contributed by atoms with van der Waals surface area (Å²) in [5.74, 6) is 0.441. The Morgan fingerprint density at radius 2 is 1.83 bits per heavy atom. The van der Waals surface area contributed by atoms with Crippen LogP contribution in [0.2, 0.25) is 10.0 Å². The molecule has 7 heteroatoms. The SMILES string of the molecule is Cc1ccc(OCC(=O)NC2CCN(C(=O)c3ccc(Cl)cc3Cl)CC2)c(C)c1. The smallest absolute Gasteiger partial charge is 0.258 e. The third-order valence-electron chi connectivity index (χ3n) is 5.00. The van der Waals surface area contributed by atoms with Gasteiger partial charge in [0.2, 0.25) is 0 Å². The van der Waals surface area contributed by atoms with Crippen LogP contribution in [-0.4, -0.2) is 42.5 Å². The van der Waals surface area contributed by atoms with E-state index in [2.05, 4.69) is 5.32 Å². The molecule has 29 heavy (non-hydrogen) atoms. The lowest BCUT2D eigenvalue weighted by Gasteiger charge is -2.32. The van der Waals surface area contributed by atoms with Crippen LogP contribution >= 0.6 is 23.2 Å². The van der Waals surface area contributed by atoms with E-state index >= 15 is 0 Å². The van der Waals surface area contributed by atoms with Crippen LogP contribution in [0.4, 0.5) is 0 Å². The molecule has 0 bridgehead atoms. The van der Waals surface area contributed by atoms with E-state index in [1.165, 1.54) is 0 Å². The number of amides is 2. The Balaban J connectivity index is 1.46. The summed E-state index contributed by atoms with van der Waals surface area (Å²) in [6.45, 7) is 5.06. The molecular formula is C22H24Cl2N2O3. The number of nitrogens with zero attached hydrogens (tertiary/aromatic N) is 1. The molecule has 0 aliphatic carbocycles. The number of ether oxygens (including phenoxy) is 1. The molecule has 1 saturated heterocycles. The first-order valence-electron chi connectivity index (χ1n) is 9.57. The van der Waals surface area contributed by atoms with Gasteiger partial charge in [-0.25, -0.2) is 0 Å². The Hall–Kier alpha value is -2.24. The number of benzene rings is 2. The maximum atomic E-state index is 12.7. The summed E-state index contributed by atoms with van der Waals surface area (Å²) >= 11 is 12.0. The maximum Gasteiger partial charge on any atom is 0.258 e. The number of hydrogen-bond donors (Lipinski definition) is 1. The minimum atomic E-state index is -0.157. The van der Waals surface area contributed by atoms with Gasteiger partial charge in [0.05, 0.1) is 10.6 Å². The van der Waals surface area contributed by atoms with Crippen LogP contribution in [0.1, 0.15) is 34.3 Å². The average molecular weight is 435 g/mol. The topological polar surface area (TPSA) is 58.6 Å². The third-order valence-corrected chi connectivity index (χ3v) is 5.55. The Morgan fingerprint density at radius 1 is 1.10 bits per heavy atom. The Morgan fingerprint density at radius 3 is 2.48 bits per heavy atom. The van der Waals surface area contributed by atoms with Crippen molar-refractivity contribution in [3.8, 4) is 5.75 Å². The van der Waals surface area contributed by atoms with Gasteiger partial charge in [0, 0.05) is 24.2 Å².